The molecule has 0 amide bonds. The first-order chi connectivity index (χ1) is 8.22. The summed E-state index contributed by atoms with van der Waals surface area (Å²) in [6.45, 7) is 0.768. The van der Waals surface area contributed by atoms with E-state index in [1.165, 1.54) is 0 Å². The van der Waals surface area contributed by atoms with Crippen LogP contribution in [0, 0.1) is 0 Å². The van der Waals surface area contributed by atoms with Gasteiger partial charge in [0.05, 0.1) is 7.11 Å². The molecule has 5 nitrogen and oxygen atoms in total. The number of rotatable bonds is 3. The topological polar surface area (TPSA) is 62.7 Å². The number of hydrogen-bond donors (Lipinski definition) is 1. The van der Waals surface area contributed by atoms with Crippen molar-refractivity contribution in [1.29, 1.82) is 0 Å². The molecule has 1 aliphatic heterocycles. The number of ether oxygens (including phenoxy) is 1. The molecule has 5 heteroatoms. The molecule has 0 radical (unpaired) electrons. The van der Waals surface area contributed by atoms with Crippen LogP contribution in [0.2, 0.25) is 0 Å². The number of anilines is 1. The second-order valence-corrected chi connectivity index (χ2v) is 4.10. The number of hydrogen-bond acceptors (Lipinski definition) is 4. The van der Waals surface area contributed by atoms with Crippen molar-refractivity contribution in [2.45, 2.75) is 25.3 Å². The first-order valence-corrected chi connectivity index (χ1v) is 5.72. The fraction of sp³-hybridized carbons (Fsp3) is 0.500. The minimum Gasteiger partial charge on any atom is -0.481 e. The Morgan fingerprint density at radius 2 is 2.41 bits per heavy atom. The zero-order chi connectivity index (χ0) is 12.3. The molecule has 0 aliphatic carbocycles. The second-order valence-electron chi connectivity index (χ2n) is 4.10. The van der Waals surface area contributed by atoms with Crippen LogP contribution in [-0.4, -0.2) is 35.8 Å². The number of carboxylic acids is 1. The summed E-state index contributed by atoms with van der Waals surface area (Å²) in [7, 11) is 1.55. The van der Waals surface area contributed by atoms with E-state index >= 15 is 0 Å². The molecule has 1 N–H and O–H groups in total. The maximum atomic E-state index is 11.2. The number of methoxy groups -OCH3 is 1. The summed E-state index contributed by atoms with van der Waals surface area (Å²) in [6, 6.07) is 3.17. The van der Waals surface area contributed by atoms with Gasteiger partial charge in [-0.05, 0) is 25.3 Å². The maximum Gasteiger partial charge on any atom is 0.326 e. The van der Waals surface area contributed by atoms with E-state index in [-0.39, 0.29) is 0 Å². The second kappa shape index (κ2) is 5.03. The third-order valence-electron chi connectivity index (χ3n) is 3.05. The Labute approximate surface area is 100 Å². The standard InChI is InChI=1S/C12H16N2O3/c1-17-11-8-9(5-6-13-11)14-7-3-2-4-10(14)12(15)16/h5-6,8,10H,2-4,7H2,1H3,(H,15,16). The molecule has 1 aromatic heterocycles. The van der Waals surface area contributed by atoms with Crippen molar-refractivity contribution in [3.05, 3.63) is 18.3 Å². The molecule has 1 aromatic rings. The lowest BCUT2D eigenvalue weighted by Crippen LogP contribution is -2.44. The number of pyridine rings is 1. The fourth-order valence-electron chi connectivity index (χ4n) is 2.19. The molecule has 92 valence electrons. The van der Waals surface area contributed by atoms with Crippen molar-refractivity contribution < 1.29 is 14.6 Å². The van der Waals surface area contributed by atoms with E-state index in [0.717, 1.165) is 25.1 Å². The van der Waals surface area contributed by atoms with E-state index in [1.54, 1.807) is 19.4 Å². The first-order valence-electron chi connectivity index (χ1n) is 5.72. The normalized spacial score (nSPS) is 20.1. The minimum absolute atomic E-state index is 0.434. The Balaban J connectivity index is 2.26. The quantitative estimate of drug-likeness (QED) is 0.862. The summed E-state index contributed by atoms with van der Waals surface area (Å²) in [5.41, 5.74) is 0.865. The van der Waals surface area contributed by atoms with Crippen molar-refractivity contribution in [2.24, 2.45) is 0 Å². The monoisotopic (exact) mass is 236 g/mol. The zero-order valence-electron chi connectivity index (χ0n) is 9.80. The molecule has 17 heavy (non-hydrogen) atoms. The molecule has 1 atom stereocenters. The molecule has 2 heterocycles. The van der Waals surface area contributed by atoms with E-state index in [0.29, 0.717) is 12.3 Å². The van der Waals surface area contributed by atoms with E-state index in [4.69, 9.17) is 4.74 Å². The zero-order valence-corrected chi connectivity index (χ0v) is 9.80. The Hall–Kier alpha value is -1.78. The highest BCUT2D eigenvalue weighted by molar-refractivity contribution is 5.78. The van der Waals surface area contributed by atoms with Crippen LogP contribution in [0.3, 0.4) is 0 Å². The number of aliphatic carboxylic acids is 1. The molecule has 1 unspecified atom stereocenters. The van der Waals surface area contributed by atoms with Gasteiger partial charge in [-0.1, -0.05) is 0 Å². The van der Waals surface area contributed by atoms with Gasteiger partial charge in [-0.2, -0.15) is 0 Å². The van der Waals surface area contributed by atoms with E-state index in [9.17, 15) is 9.90 Å². The van der Waals surface area contributed by atoms with Gasteiger partial charge in [0.15, 0.2) is 0 Å². The lowest BCUT2D eigenvalue weighted by atomic mass is 10.0. The van der Waals surface area contributed by atoms with Crippen LogP contribution in [0.5, 0.6) is 5.88 Å². The molecule has 0 spiro atoms. The largest absolute Gasteiger partial charge is 0.481 e. The number of carbonyl (C=O) groups is 1. The van der Waals surface area contributed by atoms with Crippen molar-refractivity contribution in [3.63, 3.8) is 0 Å². The van der Waals surface area contributed by atoms with Gasteiger partial charge in [0.2, 0.25) is 5.88 Å². The maximum absolute atomic E-state index is 11.2. The molecule has 2 rings (SSSR count). The Morgan fingerprint density at radius 3 is 3.12 bits per heavy atom. The molecule has 1 aliphatic rings. The smallest absolute Gasteiger partial charge is 0.326 e. The average Bonchev–Trinajstić information content (AvgIpc) is 2.39. The molecule has 0 saturated carbocycles. The lowest BCUT2D eigenvalue weighted by molar-refractivity contribution is -0.139. The van der Waals surface area contributed by atoms with Gasteiger partial charge in [0.25, 0.3) is 0 Å². The summed E-state index contributed by atoms with van der Waals surface area (Å²) in [5.74, 6) is -0.252. The van der Waals surface area contributed by atoms with Crippen LogP contribution < -0.4 is 9.64 Å². The summed E-state index contributed by atoms with van der Waals surface area (Å²) in [6.07, 6.45) is 4.33. The summed E-state index contributed by atoms with van der Waals surface area (Å²) in [4.78, 5) is 17.1. The number of carboxylic acid groups (broad SMARTS) is 1. The molecule has 0 aromatic carbocycles. The molecular weight excluding hydrogens is 220 g/mol. The highest BCUT2D eigenvalue weighted by atomic mass is 16.5. The predicted molar refractivity (Wildman–Crippen MR) is 63.4 cm³/mol. The highest BCUT2D eigenvalue weighted by Crippen LogP contribution is 2.26. The Morgan fingerprint density at radius 1 is 1.59 bits per heavy atom. The molecule has 1 saturated heterocycles. The summed E-state index contributed by atoms with van der Waals surface area (Å²) in [5, 5.41) is 9.21. The predicted octanol–water partition coefficient (Wildman–Crippen LogP) is 1.53. The van der Waals surface area contributed by atoms with Crippen molar-refractivity contribution in [1.82, 2.24) is 4.98 Å². The van der Waals surface area contributed by atoms with Gasteiger partial charge in [-0.25, -0.2) is 9.78 Å². The van der Waals surface area contributed by atoms with Gasteiger partial charge in [0, 0.05) is 24.5 Å². The number of aromatic nitrogens is 1. The third-order valence-corrected chi connectivity index (χ3v) is 3.05. The van der Waals surface area contributed by atoms with Gasteiger partial charge < -0.3 is 14.7 Å². The van der Waals surface area contributed by atoms with E-state index < -0.39 is 12.0 Å². The van der Waals surface area contributed by atoms with Crippen LogP contribution >= 0.6 is 0 Å². The Bertz CT molecular complexity index is 408. The molecular formula is C12H16N2O3. The molecule has 0 bridgehead atoms. The SMILES string of the molecule is COc1cc(N2CCCCC2C(=O)O)ccn1. The van der Waals surface area contributed by atoms with E-state index in [2.05, 4.69) is 4.98 Å². The first kappa shape index (κ1) is 11.7. The summed E-state index contributed by atoms with van der Waals surface area (Å²) < 4.78 is 5.06. The van der Waals surface area contributed by atoms with Crippen molar-refractivity contribution in [2.75, 3.05) is 18.6 Å². The van der Waals surface area contributed by atoms with Gasteiger partial charge in [0.1, 0.15) is 6.04 Å². The van der Waals surface area contributed by atoms with E-state index in [1.807, 2.05) is 11.0 Å². The lowest BCUT2D eigenvalue weighted by Gasteiger charge is -2.34. The Kier molecular flexibility index (Phi) is 3.46. The average molecular weight is 236 g/mol. The highest BCUT2D eigenvalue weighted by Gasteiger charge is 2.28. The van der Waals surface area contributed by atoms with Gasteiger partial charge >= 0.3 is 5.97 Å². The van der Waals surface area contributed by atoms with Crippen LogP contribution in [-0.2, 0) is 4.79 Å². The fourth-order valence-corrected chi connectivity index (χ4v) is 2.19. The van der Waals surface area contributed by atoms with Crippen LogP contribution in [0.1, 0.15) is 19.3 Å². The third kappa shape index (κ3) is 2.49. The van der Waals surface area contributed by atoms with Crippen molar-refractivity contribution >= 4 is 11.7 Å². The number of nitrogens with zero attached hydrogens (tertiary/aromatic N) is 2. The van der Waals surface area contributed by atoms with Gasteiger partial charge in [-0.15, -0.1) is 0 Å². The molecule has 1 fully saturated rings. The van der Waals surface area contributed by atoms with Crippen molar-refractivity contribution in [3.8, 4) is 5.88 Å². The van der Waals surface area contributed by atoms with Crippen LogP contribution in [0.4, 0.5) is 5.69 Å². The van der Waals surface area contributed by atoms with Crippen LogP contribution in [0.15, 0.2) is 18.3 Å². The summed E-state index contributed by atoms with van der Waals surface area (Å²) >= 11 is 0. The number of piperidine rings is 1. The van der Waals surface area contributed by atoms with Gasteiger partial charge in [-0.3, -0.25) is 0 Å². The van der Waals surface area contributed by atoms with Crippen LogP contribution in [0.25, 0.3) is 0 Å². The minimum atomic E-state index is -0.763.